The SMILES string of the molecule is C/C(=N/NC(=O)CN(c1ccc(C)c(C)c1)S(=O)(=O)c1ccc(Cl)cc1)c1ccc2c(c1)OCCO2. The van der Waals surface area contributed by atoms with Crippen LogP contribution < -0.4 is 19.2 Å². The molecule has 36 heavy (non-hydrogen) atoms. The number of fused-ring (bicyclic) bond motifs is 1. The molecule has 1 N–H and O–H groups in total. The smallest absolute Gasteiger partial charge is 0.264 e. The number of carbonyl (C=O) groups excluding carboxylic acids is 1. The Kier molecular flexibility index (Phi) is 7.51. The van der Waals surface area contributed by atoms with Crippen LogP contribution in [0.15, 0.2) is 70.7 Å². The summed E-state index contributed by atoms with van der Waals surface area (Å²) in [5.41, 5.74) is 6.01. The first-order valence-electron chi connectivity index (χ1n) is 11.2. The number of nitrogens with zero attached hydrogens (tertiary/aromatic N) is 2. The van der Waals surface area contributed by atoms with E-state index in [4.69, 9.17) is 21.1 Å². The molecule has 188 valence electrons. The van der Waals surface area contributed by atoms with Crippen LogP contribution in [0.3, 0.4) is 0 Å². The van der Waals surface area contributed by atoms with Crippen molar-refractivity contribution in [2.24, 2.45) is 5.10 Å². The van der Waals surface area contributed by atoms with Gasteiger partial charge in [0.15, 0.2) is 11.5 Å². The molecule has 0 unspecified atom stereocenters. The maximum Gasteiger partial charge on any atom is 0.264 e. The van der Waals surface area contributed by atoms with E-state index in [1.807, 2.05) is 26.0 Å². The van der Waals surface area contributed by atoms with Crippen molar-refractivity contribution in [3.05, 3.63) is 82.4 Å². The van der Waals surface area contributed by atoms with Crippen LogP contribution in [0.1, 0.15) is 23.6 Å². The number of anilines is 1. The number of sulfonamides is 1. The van der Waals surface area contributed by atoms with Gasteiger partial charge in [0, 0.05) is 10.6 Å². The van der Waals surface area contributed by atoms with Gasteiger partial charge >= 0.3 is 0 Å². The van der Waals surface area contributed by atoms with E-state index in [-0.39, 0.29) is 4.90 Å². The third-order valence-electron chi connectivity index (χ3n) is 5.78. The molecule has 0 bridgehead atoms. The van der Waals surface area contributed by atoms with Crippen molar-refractivity contribution in [1.29, 1.82) is 0 Å². The Morgan fingerprint density at radius 3 is 2.36 bits per heavy atom. The highest BCUT2D eigenvalue weighted by atomic mass is 35.5. The van der Waals surface area contributed by atoms with E-state index in [2.05, 4.69) is 10.5 Å². The highest BCUT2D eigenvalue weighted by Crippen LogP contribution is 2.31. The number of halogens is 1. The number of rotatable bonds is 7. The van der Waals surface area contributed by atoms with E-state index in [0.29, 0.717) is 41.1 Å². The van der Waals surface area contributed by atoms with Gasteiger partial charge in [-0.2, -0.15) is 5.10 Å². The standard InChI is InChI=1S/C26H26ClN3O5S/c1-17-4-8-22(14-18(17)2)30(36(32,33)23-9-6-21(27)7-10-23)16-26(31)29-28-19(3)20-5-11-24-25(15-20)35-13-12-34-24/h4-11,14-15H,12-13,16H2,1-3H3,(H,29,31)/b28-19-. The molecular weight excluding hydrogens is 502 g/mol. The molecule has 4 rings (SSSR count). The lowest BCUT2D eigenvalue weighted by molar-refractivity contribution is -0.119. The molecule has 0 radical (unpaired) electrons. The van der Waals surface area contributed by atoms with Crippen molar-refractivity contribution in [3.8, 4) is 11.5 Å². The highest BCUT2D eigenvalue weighted by molar-refractivity contribution is 7.92. The van der Waals surface area contributed by atoms with Crippen LogP contribution >= 0.6 is 11.6 Å². The number of ether oxygens (including phenoxy) is 2. The number of nitrogens with one attached hydrogen (secondary N) is 1. The molecule has 0 aliphatic carbocycles. The number of benzene rings is 3. The Balaban J connectivity index is 1.58. The van der Waals surface area contributed by atoms with Gasteiger partial charge in [0.25, 0.3) is 15.9 Å². The predicted molar refractivity (Wildman–Crippen MR) is 140 cm³/mol. The van der Waals surface area contributed by atoms with Gasteiger partial charge in [0.2, 0.25) is 0 Å². The number of carbonyl (C=O) groups is 1. The van der Waals surface area contributed by atoms with E-state index in [1.54, 1.807) is 31.2 Å². The Labute approximate surface area is 215 Å². The molecule has 1 aliphatic rings. The molecule has 0 spiro atoms. The number of hydrogen-bond acceptors (Lipinski definition) is 6. The summed E-state index contributed by atoms with van der Waals surface area (Å²) < 4.78 is 39.2. The van der Waals surface area contributed by atoms with Gasteiger partial charge in [0.1, 0.15) is 19.8 Å². The van der Waals surface area contributed by atoms with E-state index < -0.39 is 22.5 Å². The van der Waals surface area contributed by atoms with Crippen molar-refractivity contribution in [2.45, 2.75) is 25.7 Å². The topological polar surface area (TPSA) is 97.3 Å². The van der Waals surface area contributed by atoms with Crippen molar-refractivity contribution < 1.29 is 22.7 Å². The van der Waals surface area contributed by atoms with Crippen molar-refractivity contribution in [1.82, 2.24) is 5.43 Å². The second-order valence-corrected chi connectivity index (χ2v) is 10.6. The first kappa shape index (κ1) is 25.5. The molecule has 0 saturated heterocycles. The number of aryl methyl sites for hydroxylation is 2. The zero-order valence-electron chi connectivity index (χ0n) is 20.1. The molecule has 3 aromatic rings. The van der Waals surface area contributed by atoms with Crippen LogP contribution in [0.2, 0.25) is 5.02 Å². The minimum atomic E-state index is -4.06. The molecular formula is C26H26ClN3O5S. The van der Waals surface area contributed by atoms with Crippen LogP contribution in [0.25, 0.3) is 0 Å². The fraction of sp³-hybridized carbons (Fsp3) is 0.231. The Hall–Kier alpha value is -3.56. The number of hydrogen-bond donors (Lipinski definition) is 1. The molecule has 8 nitrogen and oxygen atoms in total. The number of amides is 1. The maximum absolute atomic E-state index is 13.5. The van der Waals surface area contributed by atoms with Gasteiger partial charge in [0.05, 0.1) is 16.3 Å². The number of hydrazone groups is 1. The summed E-state index contributed by atoms with van der Waals surface area (Å²) in [6, 6.07) is 16.4. The summed E-state index contributed by atoms with van der Waals surface area (Å²) in [7, 11) is -4.06. The van der Waals surface area contributed by atoms with Crippen LogP contribution in [0.5, 0.6) is 11.5 Å². The van der Waals surface area contributed by atoms with Crippen LogP contribution in [-0.4, -0.2) is 39.8 Å². The Bertz CT molecular complexity index is 1420. The lowest BCUT2D eigenvalue weighted by atomic mass is 10.1. The van der Waals surface area contributed by atoms with Crippen molar-refractivity contribution >= 4 is 38.9 Å². The summed E-state index contributed by atoms with van der Waals surface area (Å²) in [6.07, 6.45) is 0. The lowest BCUT2D eigenvalue weighted by Crippen LogP contribution is -2.39. The normalized spacial score (nSPS) is 13.3. The van der Waals surface area contributed by atoms with Gasteiger partial charge in [-0.3, -0.25) is 9.10 Å². The molecule has 1 heterocycles. The van der Waals surface area contributed by atoms with Gasteiger partial charge in [-0.05, 0) is 86.5 Å². The van der Waals surface area contributed by atoms with Gasteiger partial charge in [-0.1, -0.05) is 17.7 Å². The monoisotopic (exact) mass is 527 g/mol. The summed E-state index contributed by atoms with van der Waals surface area (Å²) in [5, 5.41) is 4.58. The van der Waals surface area contributed by atoms with Crippen LogP contribution in [-0.2, 0) is 14.8 Å². The average molecular weight is 528 g/mol. The lowest BCUT2D eigenvalue weighted by Gasteiger charge is -2.24. The van der Waals surface area contributed by atoms with Gasteiger partial charge in [-0.15, -0.1) is 0 Å². The molecule has 0 aromatic heterocycles. The molecule has 10 heteroatoms. The van der Waals surface area contributed by atoms with Crippen molar-refractivity contribution in [3.63, 3.8) is 0 Å². The minimum absolute atomic E-state index is 0.0221. The second kappa shape index (κ2) is 10.6. The molecule has 0 fully saturated rings. The van der Waals surface area contributed by atoms with E-state index in [0.717, 1.165) is 21.0 Å². The zero-order chi connectivity index (χ0) is 25.9. The molecule has 0 saturated carbocycles. The van der Waals surface area contributed by atoms with E-state index in [9.17, 15) is 13.2 Å². The summed E-state index contributed by atoms with van der Waals surface area (Å²) >= 11 is 5.94. The fourth-order valence-corrected chi connectivity index (χ4v) is 5.11. The first-order valence-corrected chi connectivity index (χ1v) is 13.1. The second-order valence-electron chi connectivity index (χ2n) is 8.32. The van der Waals surface area contributed by atoms with Crippen LogP contribution in [0.4, 0.5) is 5.69 Å². The van der Waals surface area contributed by atoms with Gasteiger partial charge in [-0.25, -0.2) is 13.8 Å². The summed E-state index contributed by atoms with van der Waals surface area (Å²) in [5.74, 6) is 0.663. The summed E-state index contributed by atoms with van der Waals surface area (Å²) in [6.45, 7) is 6.03. The average Bonchev–Trinajstić information content (AvgIpc) is 2.87. The molecule has 1 amide bonds. The quantitative estimate of drug-likeness (QED) is 0.361. The Morgan fingerprint density at radius 1 is 0.972 bits per heavy atom. The Morgan fingerprint density at radius 2 is 1.67 bits per heavy atom. The zero-order valence-corrected chi connectivity index (χ0v) is 21.7. The third-order valence-corrected chi connectivity index (χ3v) is 7.82. The highest BCUT2D eigenvalue weighted by Gasteiger charge is 2.27. The predicted octanol–water partition coefficient (Wildman–Crippen LogP) is 4.46. The van der Waals surface area contributed by atoms with Crippen LogP contribution in [0, 0.1) is 13.8 Å². The fourth-order valence-electron chi connectivity index (χ4n) is 3.57. The van der Waals surface area contributed by atoms with Gasteiger partial charge < -0.3 is 9.47 Å². The van der Waals surface area contributed by atoms with Crippen molar-refractivity contribution in [2.75, 3.05) is 24.1 Å². The van der Waals surface area contributed by atoms with E-state index >= 15 is 0 Å². The van der Waals surface area contributed by atoms with E-state index in [1.165, 1.54) is 24.3 Å². The molecule has 1 aliphatic heterocycles. The molecule has 3 aromatic carbocycles. The molecule has 0 atom stereocenters. The maximum atomic E-state index is 13.5. The largest absolute Gasteiger partial charge is 0.486 e. The minimum Gasteiger partial charge on any atom is -0.486 e. The third kappa shape index (κ3) is 5.63. The summed E-state index contributed by atoms with van der Waals surface area (Å²) in [4.78, 5) is 12.9. The first-order chi connectivity index (χ1) is 17.1.